The molecule has 0 amide bonds. The average Bonchev–Trinajstić information content (AvgIpc) is 2.57. The van der Waals surface area contributed by atoms with Gasteiger partial charge in [0.2, 0.25) is 0 Å². The molecule has 1 atom stereocenters. The molecule has 2 N–H and O–H groups in total. The van der Waals surface area contributed by atoms with Crippen molar-refractivity contribution in [3.05, 3.63) is 30.2 Å². The van der Waals surface area contributed by atoms with Gasteiger partial charge < -0.3 is 10.2 Å². The molecule has 0 saturated carbocycles. The molecule has 74 valence electrons. The lowest BCUT2D eigenvalue weighted by molar-refractivity contribution is 0.556. The lowest BCUT2D eigenvalue weighted by Crippen LogP contribution is -2.16. The SMILES string of the molecule is CCC(N)C/C=C/c1ccco1.Cl. The lowest BCUT2D eigenvalue weighted by Gasteiger charge is -2.01. The maximum atomic E-state index is 5.73. The standard InChI is InChI=1S/C10H15NO.ClH/c1-2-9(11)5-3-6-10-7-4-8-12-10;/h3-4,6-9H,2,5,11H2,1H3;1H/b6-3+;. The molecule has 0 spiro atoms. The van der Waals surface area contributed by atoms with Crippen LogP contribution in [0.25, 0.3) is 6.08 Å². The molecular weight excluding hydrogens is 186 g/mol. The summed E-state index contributed by atoms with van der Waals surface area (Å²) in [7, 11) is 0. The Kier molecular flexibility index (Phi) is 6.37. The molecule has 0 bridgehead atoms. The van der Waals surface area contributed by atoms with Crippen LogP contribution in [0.3, 0.4) is 0 Å². The first-order chi connectivity index (χ1) is 5.83. The van der Waals surface area contributed by atoms with Gasteiger partial charge in [-0.1, -0.05) is 13.0 Å². The molecule has 2 nitrogen and oxygen atoms in total. The number of rotatable bonds is 4. The first-order valence-corrected chi connectivity index (χ1v) is 4.28. The summed E-state index contributed by atoms with van der Waals surface area (Å²) in [6.07, 6.45) is 7.60. The number of hydrogen-bond acceptors (Lipinski definition) is 2. The summed E-state index contributed by atoms with van der Waals surface area (Å²) in [5.41, 5.74) is 5.73. The highest BCUT2D eigenvalue weighted by Crippen LogP contribution is 2.04. The van der Waals surface area contributed by atoms with Crippen LogP contribution in [0.15, 0.2) is 28.9 Å². The van der Waals surface area contributed by atoms with E-state index in [1.54, 1.807) is 6.26 Å². The van der Waals surface area contributed by atoms with Crippen molar-refractivity contribution in [2.24, 2.45) is 5.73 Å². The molecule has 1 aromatic heterocycles. The first kappa shape index (κ1) is 12.3. The molecule has 0 saturated heterocycles. The predicted octanol–water partition coefficient (Wildman–Crippen LogP) is 2.84. The zero-order chi connectivity index (χ0) is 8.81. The minimum Gasteiger partial charge on any atom is -0.465 e. The summed E-state index contributed by atoms with van der Waals surface area (Å²) in [4.78, 5) is 0. The zero-order valence-corrected chi connectivity index (χ0v) is 8.59. The van der Waals surface area contributed by atoms with Crippen molar-refractivity contribution in [1.82, 2.24) is 0 Å². The highest BCUT2D eigenvalue weighted by Gasteiger charge is 1.94. The third-order valence-electron chi connectivity index (χ3n) is 1.79. The molecule has 0 aromatic carbocycles. The number of nitrogens with two attached hydrogens (primary N) is 1. The molecule has 1 unspecified atom stereocenters. The zero-order valence-electron chi connectivity index (χ0n) is 7.77. The Hall–Kier alpha value is -0.730. The van der Waals surface area contributed by atoms with Gasteiger partial charge in [-0.05, 0) is 31.1 Å². The van der Waals surface area contributed by atoms with Gasteiger partial charge in [-0.2, -0.15) is 0 Å². The van der Waals surface area contributed by atoms with Crippen molar-refractivity contribution in [3.8, 4) is 0 Å². The minimum atomic E-state index is 0. The van der Waals surface area contributed by atoms with Crippen molar-refractivity contribution in [3.63, 3.8) is 0 Å². The molecular formula is C10H16ClNO. The summed E-state index contributed by atoms with van der Waals surface area (Å²) in [5, 5.41) is 0. The lowest BCUT2D eigenvalue weighted by atomic mass is 10.1. The quantitative estimate of drug-likeness (QED) is 0.814. The van der Waals surface area contributed by atoms with Gasteiger partial charge >= 0.3 is 0 Å². The van der Waals surface area contributed by atoms with Gasteiger partial charge in [-0.15, -0.1) is 12.4 Å². The maximum absolute atomic E-state index is 5.73. The van der Waals surface area contributed by atoms with Crippen LogP contribution in [0.2, 0.25) is 0 Å². The summed E-state index contributed by atoms with van der Waals surface area (Å²) in [6, 6.07) is 4.07. The summed E-state index contributed by atoms with van der Waals surface area (Å²) in [5.74, 6) is 0.887. The van der Waals surface area contributed by atoms with Crippen LogP contribution >= 0.6 is 12.4 Å². The molecule has 0 aliphatic carbocycles. The molecule has 0 aliphatic rings. The monoisotopic (exact) mass is 201 g/mol. The van der Waals surface area contributed by atoms with Crippen molar-refractivity contribution < 1.29 is 4.42 Å². The van der Waals surface area contributed by atoms with Gasteiger partial charge in [-0.3, -0.25) is 0 Å². The van der Waals surface area contributed by atoms with Crippen LogP contribution in [0.1, 0.15) is 25.5 Å². The molecule has 1 heterocycles. The third-order valence-corrected chi connectivity index (χ3v) is 1.79. The van der Waals surface area contributed by atoms with Crippen LogP contribution in [0.4, 0.5) is 0 Å². The van der Waals surface area contributed by atoms with Crippen molar-refractivity contribution in [2.45, 2.75) is 25.8 Å². The van der Waals surface area contributed by atoms with Crippen LogP contribution in [0, 0.1) is 0 Å². The van der Waals surface area contributed by atoms with Gasteiger partial charge in [0.25, 0.3) is 0 Å². The Labute approximate surface area is 85.2 Å². The summed E-state index contributed by atoms with van der Waals surface area (Å²) in [6.45, 7) is 2.09. The van der Waals surface area contributed by atoms with Gasteiger partial charge in [0.15, 0.2) is 0 Å². The molecule has 13 heavy (non-hydrogen) atoms. The Morgan fingerprint density at radius 2 is 2.38 bits per heavy atom. The molecule has 3 heteroatoms. The predicted molar refractivity (Wildman–Crippen MR) is 57.9 cm³/mol. The van der Waals surface area contributed by atoms with E-state index in [-0.39, 0.29) is 18.4 Å². The van der Waals surface area contributed by atoms with E-state index in [1.165, 1.54) is 0 Å². The van der Waals surface area contributed by atoms with Crippen molar-refractivity contribution in [2.75, 3.05) is 0 Å². The van der Waals surface area contributed by atoms with E-state index in [2.05, 4.69) is 6.92 Å². The Balaban J connectivity index is 0.00000144. The fourth-order valence-corrected chi connectivity index (χ4v) is 0.912. The van der Waals surface area contributed by atoms with Crippen LogP contribution in [-0.4, -0.2) is 6.04 Å². The Morgan fingerprint density at radius 1 is 1.62 bits per heavy atom. The first-order valence-electron chi connectivity index (χ1n) is 4.28. The average molecular weight is 202 g/mol. The van der Waals surface area contributed by atoms with E-state index in [9.17, 15) is 0 Å². The summed E-state index contributed by atoms with van der Waals surface area (Å²) < 4.78 is 5.12. The molecule has 1 rings (SSSR count). The normalized spacial score (nSPS) is 12.8. The van der Waals surface area contributed by atoms with Gasteiger partial charge in [0.05, 0.1) is 6.26 Å². The Morgan fingerprint density at radius 3 is 2.92 bits per heavy atom. The number of hydrogen-bond donors (Lipinski definition) is 1. The van der Waals surface area contributed by atoms with E-state index in [4.69, 9.17) is 10.2 Å². The second kappa shape index (κ2) is 6.75. The van der Waals surface area contributed by atoms with E-state index in [0.717, 1.165) is 18.6 Å². The molecule has 0 radical (unpaired) electrons. The number of furan rings is 1. The van der Waals surface area contributed by atoms with E-state index >= 15 is 0 Å². The molecule has 0 aliphatic heterocycles. The fraction of sp³-hybridized carbons (Fsp3) is 0.400. The van der Waals surface area contributed by atoms with Crippen LogP contribution in [-0.2, 0) is 0 Å². The van der Waals surface area contributed by atoms with Crippen LogP contribution < -0.4 is 5.73 Å². The summed E-state index contributed by atoms with van der Waals surface area (Å²) >= 11 is 0. The van der Waals surface area contributed by atoms with Crippen LogP contribution in [0.5, 0.6) is 0 Å². The second-order valence-corrected chi connectivity index (χ2v) is 2.82. The van der Waals surface area contributed by atoms with Crippen molar-refractivity contribution >= 4 is 18.5 Å². The van der Waals surface area contributed by atoms with E-state index < -0.39 is 0 Å². The van der Waals surface area contributed by atoms with E-state index in [0.29, 0.717) is 0 Å². The van der Waals surface area contributed by atoms with Gasteiger partial charge in [-0.25, -0.2) is 0 Å². The maximum Gasteiger partial charge on any atom is 0.126 e. The highest BCUT2D eigenvalue weighted by atomic mass is 35.5. The Bertz CT molecular complexity index is 231. The van der Waals surface area contributed by atoms with Gasteiger partial charge in [0.1, 0.15) is 5.76 Å². The smallest absolute Gasteiger partial charge is 0.126 e. The topological polar surface area (TPSA) is 39.2 Å². The third kappa shape index (κ3) is 4.76. The highest BCUT2D eigenvalue weighted by molar-refractivity contribution is 5.85. The fourth-order valence-electron chi connectivity index (χ4n) is 0.912. The van der Waals surface area contributed by atoms with Crippen molar-refractivity contribution in [1.29, 1.82) is 0 Å². The molecule has 0 fully saturated rings. The minimum absolute atomic E-state index is 0. The van der Waals surface area contributed by atoms with Gasteiger partial charge in [0, 0.05) is 6.04 Å². The largest absolute Gasteiger partial charge is 0.465 e. The van der Waals surface area contributed by atoms with E-state index in [1.807, 2.05) is 24.3 Å². The number of halogens is 1. The second-order valence-electron chi connectivity index (χ2n) is 2.82. The molecule has 1 aromatic rings.